The highest BCUT2D eigenvalue weighted by atomic mass is 35.5. The third-order valence-electron chi connectivity index (χ3n) is 2.93. The summed E-state index contributed by atoms with van der Waals surface area (Å²) in [5.74, 6) is -0.359. The first-order chi connectivity index (χ1) is 9.63. The van der Waals surface area contributed by atoms with Gasteiger partial charge in [0, 0.05) is 11.6 Å². The second-order valence-electron chi connectivity index (χ2n) is 4.53. The van der Waals surface area contributed by atoms with Crippen molar-refractivity contribution in [3.63, 3.8) is 0 Å². The minimum Gasteiger partial charge on any atom is -0.355 e. The van der Waals surface area contributed by atoms with Gasteiger partial charge in [-0.3, -0.25) is 4.79 Å². The summed E-state index contributed by atoms with van der Waals surface area (Å²) >= 11 is 5.80. The van der Waals surface area contributed by atoms with Crippen LogP contribution >= 0.6 is 11.6 Å². The lowest BCUT2D eigenvalue weighted by Gasteiger charge is -2.06. The van der Waals surface area contributed by atoms with Crippen LogP contribution < -0.4 is 5.32 Å². The molecule has 0 saturated heterocycles. The third-order valence-corrected chi connectivity index (χ3v) is 3.18. The van der Waals surface area contributed by atoms with Gasteiger partial charge in [-0.1, -0.05) is 35.9 Å². The Hall–Kier alpha value is -1.87. The first-order valence-corrected chi connectivity index (χ1v) is 6.77. The van der Waals surface area contributed by atoms with Gasteiger partial charge in [-0.25, -0.2) is 4.39 Å². The standard InChI is InChI=1S/C16H15ClFNO/c17-14-5-1-12(2-6-14)9-10-19-16(20)11-13-3-7-15(18)8-4-13/h1-8H,9-11H2,(H,19,20). The van der Waals surface area contributed by atoms with E-state index in [1.807, 2.05) is 24.3 Å². The van der Waals surface area contributed by atoms with E-state index in [1.165, 1.54) is 12.1 Å². The molecule has 20 heavy (non-hydrogen) atoms. The van der Waals surface area contributed by atoms with Crippen molar-refractivity contribution in [2.45, 2.75) is 12.8 Å². The van der Waals surface area contributed by atoms with Crippen LogP contribution in [0.2, 0.25) is 5.02 Å². The predicted octanol–water partition coefficient (Wildman–Crippen LogP) is 3.38. The summed E-state index contributed by atoms with van der Waals surface area (Å²) in [5, 5.41) is 3.55. The topological polar surface area (TPSA) is 29.1 Å². The third kappa shape index (κ3) is 4.67. The zero-order valence-electron chi connectivity index (χ0n) is 10.9. The van der Waals surface area contributed by atoms with Crippen molar-refractivity contribution in [3.8, 4) is 0 Å². The molecule has 0 atom stereocenters. The number of carbonyl (C=O) groups is 1. The van der Waals surface area contributed by atoms with Crippen LogP contribution in [0.3, 0.4) is 0 Å². The molecule has 0 saturated carbocycles. The van der Waals surface area contributed by atoms with Crippen molar-refractivity contribution in [3.05, 3.63) is 70.5 Å². The molecule has 0 bridgehead atoms. The van der Waals surface area contributed by atoms with Crippen LogP contribution in [-0.4, -0.2) is 12.5 Å². The minimum atomic E-state index is -0.295. The van der Waals surface area contributed by atoms with Crippen LogP contribution in [0.25, 0.3) is 0 Å². The Morgan fingerprint density at radius 2 is 1.60 bits per heavy atom. The van der Waals surface area contributed by atoms with E-state index in [0.717, 1.165) is 17.5 Å². The van der Waals surface area contributed by atoms with E-state index in [0.29, 0.717) is 11.6 Å². The van der Waals surface area contributed by atoms with E-state index in [2.05, 4.69) is 5.32 Å². The molecule has 2 aromatic rings. The smallest absolute Gasteiger partial charge is 0.224 e. The highest BCUT2D eigenvalue weighted by Gasteiger charge is 2.03. The number of nitrogens with one attached hydrogen (secondary N) is 1. The molecule has 2 rings (SSSR count). The molecule has 0 aliphatic heterocycles. The molecule has 1 N–H and O–H groups in total. The maximum absolute atomic E-state index is 12.7. The SMILES string of the molecule is O=C(Cc1ccc(F)cc1)NCCc1ccc(Cl)cc1. The number of carbonyl (C=O) groups excluding carboxylic acids is 1. The average molecular weight is 292 g/mol. The molecule has 0 heterocycles. The molecular formula is C16H15ClFNO. The Labute approximate surface area is 122 Å². The van der Waals surface area contributed by atoms with E-state index < -0.39 is 0 Å². The molecule has 0 aromatic heterocycles. The van der Waals surface area contributed by atoms with Gasteiger partial charge >= 0.3 is 0 Å². The van der Waals surface area contributed by atoms with Gasteiger partial charge in [-0.15, -0.1) is 0 Å². The predicted molar refractivity (Wildman–Crippen MR) is 78.3 cm³/mol. The maximum Gasteiger partial charge on any atom is 0.224 e. The van der Waals surface area contributed by atoms with Crippen molar-refractivity contribution in [2.24, 2.45) is 0 Å². The molecule has 1 amide bonds. The average Bonchev–Trinajstić information content (AvgIpc) is 2.44. The molecule has 0 radical (unpaired) electrons. The Bertz CT molecular complexity index is 566. The summed E-state index contributed by atoms with van der Waals surface area (Å²) in [5.41, 5.74) is 1.92. The highest BCUT2D eigenvalue weighted by Crippen LogP contribution is 2.09. The number of hydrogen-bond donors (Lipinski definition) is 1. The monoisotopic (exact) mass is 291 g/mol. The van der Waals surface area contributed by atoms with Crippen LogP contribution in [0.1, 0.15) is 11.1 Å². The van der Waals surface area contributed by atoms with Crippen LogP contribution in [0.5, 0.6) is 0 Å². The molecule has 0 spiro atoms. The minimum absolute atomic E-state index is 0.0643. The summed E-state index contributed by atoms with van der Waals surface area (Å²) in [6.07, 6.45) is 1.02. The van der Waals surface area contributed by atoms with Gasteiger partial charge in [0.25, 0.3) is 0 Å². The van der Waals surface area contributed by atoms with Gasteiger partial charge in [-0.2, -0.15) is 0 Å². The molecule has 0 aliphatic rings. The fraction of sp³-hybridized carbons (Fsp3) is 0.188. The van der Waals surface area contributed by atoms with Gasteiger partial charge in [0.2, 0.25) is 5.91 Å². The quantitative estimate of drug-likeness (QED) is 0.899. The van der Waals surface area contributed by atoms with Gasteiger partial charge in [-0.05, 0) is 41.8 Å². The largest absolute Gasteiger partial charge is 0.355 e. The summed E-state index contributed by atoms with van der Waals surface area (Å²) < 4.78 is 12.7. The van der Waals surface area contributed by atoms with Crippen LogP contribution in [0.15, 0.2) is 48.5 Å². The van der Waals surface area contributed by atoms with Crippen molar-refractivity contribution in [1.82, 2.24) is 5.32 Å². The fourth-order valence-corrected chi connectivity index (χ4v) is 1.97. The van der Waals surface area contributed by atoms with Gasteiger partial charge in [0.15, 0.2) is 0 Å². The summed E-state index contributed by atoms with van der Waals surface area (Å²) in [4.78, 5) is 11.7. The molecule has 104 valence electrons. The molecule has 2 nitrogen and oxygen atoms in total. The number of amides is 1. The Morgan fingerprint density at radius 1 is 1.00 bits per heavy atom. The molecule has 0 aliphatic carbocycles. The second kappa shape index (κ2) is 7.06. The normalized spacial score (nSPS) is 10.3. The number of halogens is 2. The fourth-order valence-electron chi connectivity index (χ4n) is 1.85. The first kappa shape index (κ1) is 14.5. The zero-order valence-corrected chi connectivity index (χ0v) is 11.7. The van der Waals surface area contributed by atoms with E-state index >= 15 is 0 Å². The van der Waals surface area contributed by atoms with Crippen molar-refractivity contribution >= 4 is 17.5 Å². The highest BCUT2D eigenvalue weighted by molar-refractivity contribution is 6.30. The summed E-state index contributed by atoms with van der Waals surface area (Å²) in [7, 11) is 0. The van der Waals surface area contributed by atoms with Crippen LogP contribution in [-0.2, 0) is 17.6 Å². The van der Waals surface area contributed by atoms with Gasteiger partial charge < -0.3 is 5.32 Å². The molecular weight excluding hydrogens is 277 g/mol. The molecule has 2 aromatic carbocycles. The summed E-state index contributed by atoms with van der Waals surface area (Å²) in [6.45, 7) is 0.571. The Kier molecular flexibility index (Phi) is 5.13. The summed E-state index contributed by atoms with van der Waals surface area (Å²) in [6, 6.07) is 13.5. The van der Waals surface area contributed by atoms with Gasteiger partial charge in [0.05, 0.1) is 6.42 Å². The van der Waals surface area contributed by atoms with E-state index in [-0.39, 0.29) is 18.1 Å². The molecule has 0 fully saturated rings. The number of benzene rings is 2. The van der Waals surface area contributed by atoms with Crippen molar-refractivity contribution in [2.75, 3.05) is 6.54 Å². The zero-order chi connectivity index (χ0) is 14.4. The second-order valence-corrected chi connectivity index (χ2v) is 4.97. The van der Waals surface area contributed by atoms with Crippen LogP contribution in [0, 0.1) is 5.82 Å². The van der Waals surface area contributed by atoms with Crippen molar-refractivity contribution in [1.29, 1.82) is 0 Å². The molecule has 4 heteroatoms. The number of rotatable bonds is 5. The lowest BCUT2D eigenvalue weighted by Crippen LogP contribution is -2.27. The van der Waals surface area contributed by atoms with E-state index in [1.54, 1.807) is 12.1 Å². The van der Waals surface area contributed by atoms with E-state index in [9.17, 15) is 9.18 Å². The van der Waals surface area contributed by atoms with Gasteiger partial charge in [0.1, 0.15) is 5.82 Å². The van der Waals surface area contributed by atoms with Crippen molar-refractivity contribution < 1.29 is 9.18 Å². The maximum atomic E-state index is 12.7. The van der Waals surface area contributed by atoms with Crippen LogP contribution in [0.4, 0.5) is 4.39 Å². The lowest BCUT2D eigenvalue weighted by molar-refractivity contribution is -0.120. The molecule has 0 unspecified atom stereocenters. The number of hydrogen-bond acceptors (Lipinski definition) is 1. The Morgan fingerprint density at radius 3 is 2.25 bits per heavy atom. The first-order valence-electron chi connectivity index (χ1n) is 6.39. The lowest BCUT2D eigenvalue weighted by atomic mass is 10.1. The Balaban J connectivity index is 1.75. The van der Waals surface area contributed by atoms with E-state index in [4.69, 9.17) is 11.6 Å².